The number of fused-ring (bicyclic) bond motifs is 1. The predicted molar refractivity (Wildman–Crippen MR) is 104 cm³/mol. The molecule has 138 valence electrons. The number of hydrogen-bond donors (Lipinski definition) is 1. The van der Waals surface area contributed by atoms with Gasteiger partial charge in [0.2, 0.25) is 5.96 Å². The van der Waals surface area contributed by atoms with E-state index in [2.05, 4.69) is 42.8 Å². The number of hydrogen-bond acceptors (Lipinski definition) is 6. The Kier molecular flexibility index (Phi) is 4.15. The standard InChI is InChI=1S/C19H27N7/c1-6-16(25-14-4-12-23-10-2-8-20-18(23)25)22-17(7-1)26-15-5-13-24-11-3-9-21-19(24)26/h1,6-7H,2-5,8-15H2/p+1. The molecule has 5 rings (SSSR count). The molecule has 1 aromatic rings. The summed E-state index contributed by atoms with van der Waals surface area (Å²) in [4.78, 5) is 17.0. The van der Waals surface area contributed by atoms with Crippen molar-refractivity contribution in [2.24, 2.45) is 4.99 Å². The Labute approximate surface area is 155 Å². The molecule has 4 aliphatic heterocycles. The SMILES string of the molecule is c1cc(N2CCCN3CCCN=C32)nc(N2CCC[N+]3=C2NCCC3)c1. The van der Waals surface area contributed by atoms with Gasteiger partial charge in [-0.1, -0.05) is 6.07 Å². The van der Waals surface area contributed by atoms with Crippen molar-refractivity contribution >= 4 is 23.6 Å². The Morgan fingerprint density at radius 1 is 0.885 bits per heavy atom. The van der Waals surface area contributed by atoms with Gasteiger partial charge < -0.3 is 4.90 Å². The average molecular weight is 354 g/mol. The molecule has 5 heterocycles. The number of rotatable bonds is 2. The van der Waals surface area contributed by atoms with Crippen LogP contribution in [0.4, 0.5) is 11.6 Å². The van der Waals surface area contributed by atoms with Crippen LogP contribution in [0.1, 0.15) is 25.7 Å². The smallest absolute Gasteiger partial charge is 0.342 e. The van der Waals surface area contributed by atoms with Gasteiger partial charge in [0.1, 0.15) is 5.82 Å². The minimum absolute atomic E-state index is 0.935. The van der Waals surface area contributed by atoms with E-state index in [0.717, 1.165) is 70.0 Å². The first-order valence-electron chi connectivity index (χ1n) is 10.1. The third kappa shape index (κ3) is 2.79. The number of anilines is 2. The molecule has 1 aromatic heterocycles. The molecule has 26 heavy (non-hydrogen) atoms. The zero-order valence-corrected chi connectivity index (χ0v) is 15.4. The van der Waals surface area contributed by atoms with E-state index in [9.17, 15) is 0 Å². The zero-order chi connectivity index (χ0) is 17.3. The van der Waals surface area contributed by atoms with E-state index in [4.69, 9.17) is 9.98 Å². The summed E-state index contributed by atoms with van der Waals surface area (Å²) in [5.41, 5.74) is 0. The second kappa shape index (κ2) is 6.78. The second-order valence-corrected chi connectivity index (χ2v) is 7.48. The van der Waals surface area contributed by atoms with E-state index in [1.807, 2.05) is 0 Å². The van der Waals surface area contributed by atoms with Crippen molar-refractivity contribution in [3.63, 3.8) is 0 Å². The number of aromatic nitrogens is 1. The molecule has 0 atom stereocenters. The summed E-state index contributed by atoms with van der Waals surface area (Å²) in [5, 5.41) is 3.60. The van der Waals surface area contributed by atoms with Crippen LogP contribution < -0.4 is 15.1 Å². The van der Waals surface area contributed by atoms with Gasteiger partial charge in [0.25, 0.3) is 0 Å². The lowest BCUT2D eigenvalue weighted by atomic mass is 10.2. The molecule has 4 aliphatic rings. The highest BCUT2D eigenvalue weighted by atomic mass is 15.4. The summed E-state index contributed by atoms with van der Waals surface area (Å²) in [6.07, 6.45) is 4.73. The normalized spacial score (nSPS) is 23.2. The van der Waals surface area contributed by atoms with Crippen LogP contribution in [0.15, 0.2) is 23.2 Å². The first-order valence-corrected chi connectivity index (χ1v) is 10.1. The van der Waals surface area contributed by atoms with Crippen molar-refractivity contribution in [1.29, 1.82) is 0 Å². The van der Waals surface area contributed by atoms with Crippen molar-refractivity contribution in [3.8, 4) is 0 Å². The minimum atomic E-state index is 0.935. The van der Waals surface area contributed by atoms with E-state index in [0.29, 0.717) is 0 Å². The van der Waals surface area contributed by atoms with E-state index >= 15 is 0 Å². The first kappa shape index (κ1) is 15.9. The highest BCUT2D eigenvalue weighted by Gasteiger charge is 2.32. The van der Waals surface area contributed by atoms with Gasteiger partial charge in [-0.05, 0) is 25.0 Å². The minimum Gasteiger partial charge on any atom is -0.342 e. The van der Waals surface area contributed by atoms with Crippen molar-refractivity contribution in [3.05, 3.63) is 18.2 Å². The summed E-state index contributed by atoms with van der Waals surface area (Å²) in [6, 6.07) is 6.41. The quantitative estimate of drug-likeness (QED) is 0.801. The molecule has 0 radical (unpaired) electrons. The van der Waals surface area contributed by atoms with Gasteiger partial charge in [0.15, 0.2) is 5.82 Å². The predicted octanol–water partition coefficient (Wildman–Crippen LogP) is 0.925. The van der Waals surface area contributed by atoms with Crippen molar-refractivity contribution in [2.75, 3.05) is 62.2 Å². The van der Waals surface area contributed by atoms with Gasteiger partial charge in [-0.2, -0.15) is 4.98 Å². The molecular formula is C19H28N7+. The topological polar surface area (TPSA) is 50.0 Å². The molecule has 0 bridgehead atoms. The van der Waals surface area contributed by atoms with Crippen LogP contribution in [-0.2, 0) is 0 Å². The van der Waals surface area contributed by atoms with Crippen LogP contribution in [-0.4, -0.2) is 78.7 Å². The van der Waals surface area contributed by atoms with E-state index in [1.54, 1.807) is 0 Å². The Hall–Kier alpha value is -2.31. The Morgan fingerprint density at radius 3 is 2.65 bits per heavy atom. The fourth-order valence-electron chi connectivity index (χ4n) is 4.48. The summed E-state index contributed by atoms with van der Waals surface area (Å²) < 4.78 is 2.47. The molecular weight excluding hydrogens is 326 g/mol. The van der Waals surface area contributed by atoms with E-state index < -0.39 is 0 Å². The number of guanidine groups is 2. The van der Waals surface area contributed by atoms with Gasteiger partial charge in [-0.15, -0.1) is 0 Å². The summed E-state index contributed by atoms with van der Waals surface area (Å²) in [5.74, 6) is 4.44. The molecule has 0 aromatic carbocycles. The van der Waals surface area contributed by atoms with E-state index in [-0.39, 0.29) is 0 Å². The zero-order valence-electron chi connectivity index (χ0n) is 15.4. The summed E-state index contributed by atoms with van der Waals surface area (Å²) in [6.45, 7) is 8.57. The molecule has 7 nitrogen and oxygen atoms in total. The molecule has 1 saturated heterocycles. The fraction of sp³-hybridized carbons (Fsp3) is 0.632. The summed E-state index contributed by atoms with van der Waals surface area (Å²) in [7, 11) is 0. The van der Waals surface area contributed by atoms with Crippen LogP contribution in [0, 0.1) is 0 Å². The van der Waals surface area contributed by atoms with Crippen LogP contribution in [0.3, 0.4) is 0 Å². The largest absolute Gasteiger partial charge is 0.354 e. The molecule has 0 saturated carbocycles. The lowest BCUT2D eigenvalue weighted by molar-refractivity contribution is -0.538. The fourth-order valence-corrected chi connectivity index (χ4v) is 4.48. The number of pyridine rings is 1. The molecule has 0 aliphatic carbocycles. The third-order valence-electron chi connectivity index (χ3n) is 5.70. The maximum atomic E-state index is 5.06. The second-order valence-electron chi connectivity index (χ2n) is 7.48. The molecule has 7 heteroatoms. The maximum Gasteiger partial charge on any atom is 0.354 e. The van der Waals surface area contributed by atoms with Gasteiger partial charge in [-0.3, -0.25) is 19.8 Å². The van der Waals surface area contributed by atoms with Crippen molar-refractivity contribution < 1.29 is 4.58 Å². The lowest BCUT2D eigenvalue weighted by Gasteiger charge is -2.40. The molecule has 1 fully saturated rings. The van der Waals surface area contributed by atoms with Crippen LogP contribution in [0.25, 0.3) is 0 Å². The number of nitrogens with one attached hydrogen (secondary N) is 1. The molecule has 0 unspecified atom stereocenters. The lowest BCUT2D eigenvalue weighted by Crippen LogP contribution is -2.55. The van der Waals surface area contributed by atoms with Crippen LogP contribution in [0.5, 0.6) is 0 Å². The Bertz CT molecular complexity index is 737. The molecule has 0 amide bonds. The van der Waals surface area contributed by atoms with Crippen LogP contribution in [0.2, 0.25) is 0 Å². The Balaban J connectivity index is 1.46. The maximum absolute atomic E-state index is 5.06. The monoisotopic (exact) mass is 354 g/mol. The van der Waals surface area contributed by atoms with Gasteiger partial charge >= 0.3 is 5.96 Å². The Morgan fingerprint density at radius 2 is 1.69 bits per heavy atom. The number of nitrogens with zero attached hydrogens (tertiary/aromatic N) is 6. The molecule has 0 spiro atoms. The molecule has 1 N–H and O–H groups in total. The van der Waals surface area contributed by atoms with Crippen molar-refractivity contribution in [1.82, 2.24) is 15.2 Å². The van der Waals surface area contributed by atoms with Gasteiger partial charge in [-0.25, -0.2) is 4.90 Å². The van der Waals surface area contributed by atoms with Gasteiger partial charge in [0, 0.05) is 39.0 Å². The third-order valence-corrected chi connectivity index (χ3v) is 5.70. The van der Waals surface area contributed by atoms with Crippen molar-refractivity contribution in [2.45, 2.75) is 25.7 Å². The van der Waals surface area contributed by atoms with Crippen LogP contribution >= 0.6 is 0 Å². The number of aliphatic imine (C=N–C) groups is 1. The average Bonchev–Trinajstić information content (AvgIpc) is 2.73. The van der Waals surface area contributed by atoms with E-state index in [1.165, 1.54) is 31.6 Å². The highest BCUT2D eigenvalue weighted by Crippen LogP contribution is 2.24. The summed E-state index contributed by atoms with van der Waals surface area (Å²) >= 11 is 0. The highest BCUT2D eigenvalue weighted by molar-refractivity contribution is 5.97. The first-order chi connectivity index (χ1) is 12.9. The van der Waals surface area contributed by atoms with Gasteiger partial charge in [0.05, 0.1) is 26.2 Å².